The van der Waals surface area contributed by atoms with Crippen molar-refractivity contribution in [3.05, 3.63) is 34.1 Å². The lowest BCUT2D eigenvalue weighted by Gasteiger charge is -2.05. The minimum Gasteiger partial charge on any atom is -0.496 e. The summed E-state index contributed by atoms with van der Waals surface area (Å²) in [4.78, 5) is 5.33. The van der Waals surface area contributed by atoms with Gasteiger partial charge in [-0.3, -0.25) is 0 Å². The van der Waals surface area contributed by atoms with Crippen LogP contribution in [-0.4, -0.2) is 17.3 Å². The zero-order valence-corrected chi connectivity index (χ0v) is 12.9. The number of hydrogen-bond donors (Lipinski definition) is 1. The molecule has 0 fully saturated rings. The predicted molar refractivity (Wildman–Crippen MR) is 81.7 cm³/mol. The molecule has 3 aromatic rings. The van der Waals surface area contributed by atoms with E-state index in [1.807, 2.05) is 11.4 Å². The summed E-state index contributed by atoms with van der Waals surface area (Å²) in [6, 6.07) is 7.24. The molecule has 3 rings (SSSR count). The molecule has 5 nitrogen and oxygen atoms in total. The molecule has 2 N–H and O–H groups in total. The van der Waals surface area contributed by atoms with Gasteiger partial charge in [-0.1, -0.05) is 5.16 Å². The molecule has 0 amide bonds. The monoisotopic (exact) mass is 351 g/mol. The van der Waals surface area contributed by atoms with E-state index in [-0.39, 0.29) is 0 Å². The first kappa shape index (κ1) is 13.1. The third-order valence-electron chi connectivity index (χ3n) is 2.67. The summed E-state index contributed by atoms with van der Waals surface area (Å²) >= 11 is 4.94. The number of nitrogen functional groups attached to an aromatic ring is 1. The average molecular weight is 352 g/mol. The number of nitrogens with zero attached hydrogens (tertiary/aromatic N) is 2. The van der Waals surface area contributed by atoms with Crippen LogP contribution in [0.2, 0.25) is 0 Å². The van der Waals surface area contributed by atoms with E-state index >= 15 is 0 Å². The molecule has 0 aliphatic rings. The first-order valence-electron chi connectivity index (χ1n) is 5.69. The average Bonchev–Trinajstić information content (AvgIpc) is 3.07. The molecule has 0 saturated heterocycles. The van der Waals surface area contributed by atoms with Crippen LogP contribution in [0.1, 0.15) is 0 Å². The standard InChI is InChI=1S/C13H10BrN3O2S/c1-18-10-5-8(15)2-3-9(10)13-16-12(17-19-13)11-4-7(14)6-20-11/h2-6H,15H2,1H3. The summed E-state index contributed by atoms with van der Waals surface area (Å²) in [6.07, 6.45) is 0. The molecule has 0 spiro atoms. The SMILES string of the molecule is COc1cc(N)ccc1-c1nc(-c2cc(Br)cs2)no1. The van der Waals surface area contributed by atoms with Crippen LogP contribution in [0.15, 0.2) is 38.6 Å². The van der Waals surface area contributed by atoms with Gasteiger partial charge in [0.2, 0.25) is 5.82 Å². The maximum absolute atomic E-state index is 5.73. The Balaban J connectivity index is 2.02. The Kier molecular flexibility index (Phi) is 3.45. The zero-order valence-electron chi connectivity index (χ0n) is 10.5. The highest BCUT2D eigenvalue weighted by molar-refractivity contribution is 9.10. The normalized spacial score (nSPS) is 10.7. The van der Waals surface area contributed by atoms with E-state index in [0.717, 1.165) is 14.9 Å². The van der Waals surface area contributed by atoms with Crippen LogP contribution in [0.3, 0.4) is 0 Å². The predicted octanol–water partition coefficient (Wildman–Crippen LogP) is 3.82. The van der Waals surface area contributed by atoms with Crippen LogP contribution in [0.25, 0.3) is 22.2 Å². The van der Waals surface area contributed by atoms with Crippen LogP contribution in [0.5, 0.6) is 5.75 Å². The Morgan fingerprint density at radius 2 is 2.20 bits per heavy atom. The molecular formula is C13H10BrN3O2S. The first-order chi connectivity index (χ1) is 9.67. The molecule has 0 bridgehead atoms. The highest BCUT2D eigenvalue weighted by atomic mass is 79.9. The third-order valence-corrected chi connectivity index (χ3v) is 4.36. The number of ether oxygens (including phenoxy) is 1. The zero-order chi connectivity index (χ0) is 14.1. The number of thiophene rings is 1. The van der Waals surface area contributed by atoms with Gasteiger partial charge in [-0.15, -0.1) is 11.3 Å². The topological polar surface area (TPSA) is 74.2 Å². The molecule has 0 aliphatic carbocycles. The lowest BCUT2D eigenvalue weighted by Crippen LogP contribution is -1.91. The maximum atomic E-state index is 5.73. The van der Waals surface area contributed by atoms with E-state index < -0.39 is 0 Å². The van der Waals surface area contributed by atoms with Gasteiger partial charge in [0.05, 0.1) is 17.6 Å². The molecule has 20 heavy (non-hydrogen) atoms. The number of benzene rings is 1. The smallest absolute Gasteiger partial charge is 0.262 e. The van der Waals surface area contributed by atoms with Gasteiger partial charge >= 0.3 is 0 Å². The maximum Gasteiger partial charge on any atom is 0.262 e. The second-order valence-corrected chi connectivity index (χ2v) is 5.84. The summed E-state index contributed by atoms with van der Waals surface area (Å²) in [7, 11) is 1.58. The summed E-state index contributed by atoms with van der Waals surface area (Å²) in [5, 5.41) is 5.96. The van der Waals surface area contributed by atoms with E-state index in [4.69, 9.17) is 15.0 Å². The van der Waals surface area contributed by atoms with Crippen molar-refractivity contribution in [3.63, 3.8) is 0 Å². The summed E-state index contributed by atoms with van der Waals surface area (Å²) in [5.41, 5.74) is 7.07. The van der Waals surface area contributed by atoms with E-state index in [2.05, 4.69) is 26.1 Å². The number of methoxy groups -OCH3 is 1. The minimum atomic E-state index is 0.404. The quantitative estimate of drug-likeness (QED) is 0.726. The van der Waals surface area contributed by atoms with Crippen LogP contribution < -0.4 is 10.5 Å². The van der Waals surface area contributed by atoms with Gasteiger partial charge in [-0.25, -0.2) is 0 Å². The highest BCUT2D eigenvalue weighted by Crippen LogP contribution is 2.33. The van der Waals surface area contributed by atoms with Crippen LogP contribution in [0, 0.1) is 0 Å². The number of nitrogens with two attached hydrogens (primary N) is 1. The van der Waals surface area contributed by atoms with Crippen molar-refractivity contribution >= 4 is 33.0 Å². The van der Waals surface area contributed by atoms with Crippen molar-refractivity contribution < 1.29 is 9.26 Å². The Labute approximate surface area is 127 Å². The summed E-state index contributed by atoms with van der Waals surface area (Å²) in [6.45, 7) is 0. The number of hydrogen-bond acceptors (Lipinski definition) is 6. The number of halogens is 1. The second-order valence-electron chi connectivity index (χ2n) is 4.01. The number of anilines is 1. The summed E-state index contributed by atoms with van der Waals surface area (Å²) < 4.78 is 11.6. The van der Waals surface area contributed by atoms with Gasteiger partial charge in [0, 0.05) is 21.6 Å². The van der Waals surface area contributed by atoms with Gasteiger partial charge < -0.3 is 15.0 Å². The van der Waals surface area contributed by atoms with E-state index in [0.29, 0.717) is 23.2 Å². The molecule has 0 radical (unpaired) electrons. The van der Waals surface area contributed by atoms with Crippen LogP contribution in [0.4, 0.5) is 5.69 Å². The number of aromatic nitrogens is 2. The van der Waals surface area contributed by atoms with E-state index in [1.54, 1.807) is 36.6 Å². The fourth-order valence-corrected chi connectivity index (χ4v) is 3.10. The Morgan fingerprint density at radius 3 is 2.90 bits per heavy atom. The van der Waals surface area contributed by atoms with E-state index in [9.17, 15) is 0 Å². The Hall–Kier alpha value is -1.86. The van der Waals surface area contributed by atoms with Crippen molar-refractivity contribution in [3.8, 4) is 27.9 Å². The third kappa shape index (κ3) is 2.41. The summed E-state index contributed by atoms with van der Waals surface area (Å²) in [5.74, 6) is 1.56. The highest BCUT2D eigenvalue weighted by Gasteiger charge is 2.15. The molecule has 0 aliphatic heterocycles. The second kappa shape index (κ2) is 5.26. The van der Waals surface area contributed by atoms with Crippen LogP contribution in [-0.2, 0) is 0 Å². The molecule has 0 unspecified atom stereocenters. The molecule has 2 aromatic heterocycles. The van der Waals surface area contributed by atoms with Crippen molar-refractivity contribution in [2.45, 2.75) is 0 Å². The van der Waals surface area contributed by atoms with Gasteiger partial charge in [0.25, 0.3) is 5.89 Å². The van der Waals surface area contributed by atoms with Crippen molar-refractivity contribution in [1.82, 2.24) is 10.1 Å². The molecule has 1 aromatic carbocycles. The van der Waals surface area contributed by atoms with Gasteiger partial charge in [0.1, 0.15) is 5.75 Å². The number of rotatable bonds is 3. The fraction of sp³-hybridized carbons (Fsp3) is 0.0769. The fourth-order valence-electron chi connectivity index (χ4n) is 1.75. The Bertz CT molecular complexity index is 754. The molecule has 7 heteroatoms. The van der Waals surface area contributed by atoms with Crippen molar-refractivity contribution in [1.29, 1.82) is 0 Å². The van der Waals surface area contributed by atoms with Gasteiger partial charge in [-0.05, 0) is 34.1 Å². The van der Waals surface area contributed by atoms with Gasteiger partial charge in [-0.2, -0.15) is 4.98 Å². The molecule has 0 atom stereocenters. The largest absolute Gasteiger partial charge is 0.496 e. The first-order valence-corrected chi connectivity index (χ1v) is 7.36. The van der Waals surface area contributed by atoms with Crippen molar-refractivity contribution in [2.75, 3.05) is 12.8 Å². The van der Waals surface area contributed by atoms with Crippen molar-refractivity contribution in [2.24, 2.45) is 0 Å². The van der Waals surface area contributed by atoms with Crippen LogP contribution >= 0.6 is 27.3 Å². The molecule has 102 valence electrons. The molecule has 2 heterocycles. The Morgan fingerprint density at radius 1 is 1.35 bits per heavy atom. The van der Waals surface area contributed by atoms with E-state index in [1.165, 1.54) is 0 Å². The lowest BCUT2D eigenvalue weighted by molar-refractivity contribution is 0.406. The molecular weight excluding hydrogens is 342 g/mol. The van der Waals surface area contributed by atoms with Gasteiger partial charge in [0.15, 0.2) is 0 Å². The lowest BCUT2D eigenvalue weighted by atomic mass is 10.2. The minimum absolute atomic E-state index is 0.404. The molecule has 0 saturated carbocycles.